The van der Waals surface area contributed by atoms with E-state index in [0.29, 0.717) is 18.8 Å². The predicted octanol–water partition coefficient (Wildman–Crippen LogP) is 2.75. The molecule has 0 atom stereocenters. The third-order valence-corrected chi connectivity index (χ3v) is 2.89. The highest BCUT2D eigenvalue weighted by molar-refractivity contribution is 5.53. The first-order valence-corrected chi connectivity index (χ1v) is 6.05. The van der Waals surface area contributed by atoms with Crippen molar-refractivity contribution in [3.05, 3.63) is 59.4 Å². The Balaban J connectivity index is 2.01. The zero-order chi connectivity index (χ0) is 13.8. The van der Waals surface area contributed by atoms with Gasteiger partial charge in [-0.1, -0.05) is 18.2 Å². The molecular formula is C15H17FN2O. The van der Waals surface area contributed by atoms with E-state index in [2.05, 4.69) is 4.90 Å². The van der Waals surface area contributed by atoms with Crippen LogP contribution in [-0.4, -0.2) is 17.1 Å². The standard InChI is InChI=1S/C15H17FN2O/c1-18(9-11-3-2-4-13(16)7-11)10-12-5-6-15(19)14(17)8-12/h2-8,19H,9-10,17H2,1H3. The number of halogens is 1. The SMILES string of the molecule is CN(Cc1cccc(F)c1)Cc1ccc(O)c(N)c1. The van der Waals surface area contributed by atoms with Crippen LogP contribution in [0.5, 0.6) is 5.75 Å². The van der Waals surface area contributed by atoms with Crippen LogP contribution in [0, 0.1) is 5.82 Å². The van der Waals surface area contributed by atoms with Gasteiger partial charge >= 0.3 is 0 Å². The third kappa shape index (κ3) is 3.69. The lowest BCUT2D eigenvalue weighted by Gasteiger charge is -2.17. The minimum atomic E-state index is -0.222. The van der Waals surface area contributed by atoms with Gasteiger partial charge in [0.05, 0.1) is 5.69 Å². The lowest BCUT2D eigenvalue weighted by atomic mass is 10.1. The van der Waals surface area contributed by atoms with Gasteiger partial charge in [-0.3, -0.25) is 4.90 Å². The molecule has 0 spiro atoms. The molecule has 3 nitrogen and oxygen atoms in total. The zero-order valence-corrected chi connectivity index (χ0v) is 10.8. The number of nitrogen functional groups attached to an aromatic ring is 1. The van der Waals surface area contributed by atoms with Gasteiger partial charge in [0.25, 0.3) is 0 Å². The summed E-state index contributed by atoms with van der Waals surface area (Å²) in [7, 11) is 1.95. The Morgan fingerprint density at radius 2 is 1.79 bits per heavy atom. The fourth-order valence-corrected chi connectivity index (χ4v) is 2.02. The van der Waals surface area contributed by atoms with Gasteiger partial charge in [-0.05, 0) is 42.4 Å². The van der Waals surface area contributed by atoms with Crippen molar-refractivity contribution >= 4 is 5.69 Å². The average molecular weight is 260 g/mol. The van der Waals surface area contributed by atoms with E-state index in [1.807, 2.05) is 19.2 Å². The normalized spacial score (nSPS) is 10.9. The molecule has 0 saturated carbocycles. The molecule has 2 rings (SSSR count). The Hall–Kier alpha value is -2.07. The number of nitrogens with two attached hydrogens (primary N) is 1. The van der Waals surface area contributed by atoms with Crippen LogP contribution in [0.3, 0.4) is 0 Å². The summed E-state index contributed by atoms with van der Waals surface area (Å²) in [5.41, 5.74) is 7.96. The van der Waals surface area contributed by atoms with Crippen LogP contribution >= 0.6 is 0 Å². The first-order chi connectivity index (χ1) is 9.04. The van der Waals surface area contributed by atoms with E-state index in [1.54, 1.807) is 18.2 Å². The molecule has 0 amide bonds. The van der Waals surface area contributed by atoms with E-state index >= 15 is 0 Å². The van der Waals surface area contributed by atoms with E-state index in [-0.39, 0.29) is 11.6 Å². The first kappa shape index (κ1) is 13.4. The highest BCUT2D eigenvalue weighted by Crippen LogP contribution is 2.21. The van der Waals surface area contributed by atoms with E-state index in [1.165, 1.54) is 12.1 Å². The van der Waals surface area contributed by atoms with E-state index in [9.17, 15) is 9.50 Å². The van der Waals surface area contributed by atoms with Crippen molar-refractivity contribution in [1.29, 1.82) is 0 Å². The third-order valence-electron chi connectivity index (χ3n) is 2.89. The monoisotopic (exact) mass is 260 g/mol. The van der Waals surface area contributed by atoms with E-state index in [4.69, 9.17) is 5.73 Å². The summed E-state index contributed by atoms with van der Waals surface area (Å²) >= 11 is 0. The number of benzene rings is 2. The maximum Gasteiger partial charge on any atom is 0.138 e. The van der Waals surface area contributed by atoms with Gasteiger partial charge in [0.2, 0.25) is 0 Å². The summed E-state index contributed by atoms with van der Waals surface area (Å²) < 4.78 is 13.1. The Kier molecular flexibility index (Phi) is 4.02. The number of aromatic hydroxyl groups is 1. The summed E-state index contributed by atoms with van der Waals surface area (Å²) in [5.74, 6) is -0.128. The maximum absolute atomic E-state index is 13.1. The lowest BCUT2D eigenvalue weighted by molar-refractivity contribution is 0.318. The molecule has 0 aliphatic heterocycles. The number of hydrogen-bond acceptors (Lipinski definition) is 3. The van der Waals surface area contributed by atoms with Crippen molar-refractivity contribution in [3.63, 3.8) is 0 Å². The molecule has 0 radical (unpaired) electrons. The van der Waals surface area contributed by atoms with Crippen LogP contribution in [0.25, 0.3) is 0 Å². The molecule has 0 unspecified atom stereocenters. The van der Waals surface area contributed by atoms with Crippen LogP contribution in [0.1, 0.15) is 11.1 Å². The highest BCUT2D eigenvalue weighted by Gasteiger charge is 2.04. The second kappa shape index (κ2) is 5.71. The smallest absolute Gasteiger partial charge is 0.138 e. The van der Waals surface area contributed by atoms with Gasteiger partial charge < -0.3 is 10.8 Å². The predicted molar refractivity (Wildman–Crippen MR) is 74.1 cm³/mol. The number of hydrogen-bond donors (Lipinski definition) is 2. The van der Waals surface area contributed by atoms with E-state index < -0.39 is 0 Å². The fraction of sp³-hybridized carbons (Fsp3) is 0.200. The molecule has 19 heavy (non-hydrogen) atoms. The van der Waals surface area contributed by atoms with E-state index in [0.717, 1.165) is 11.1 Å². The number of phenols is 1. The molecule has 0 heterocycles. The van der Waals surface area contributed by atoms with Crippen molar-refractivity contribution in [3.8, 4) is 5.75 Å². The van der Waals surface area contributed by atoms with Gasteiger partial charge in [-0.25, -0.2) is 4.39 Å². The van der Waals surface area contributed by atoms with Gasteiger partial charge in [-0.15, -0.1) is 0 Å². The fourth-order valence-electron chi connectivity index (χ4n) is 2.02. The van der Waals surface area contributed by atoms with Gasteiger partial charge in [0.15, 0.2) is 0 Å². The Labute approximate surface area is 112 Å². The second-order valence-corrected chi connectivity index (χ2v) is 4.70. The van der Waals surface area contributed by atoms with Crippen molar-refractivity contribution in [2.45, 2.75) is 13.1 Å². The quantitative estimate of drug-likeness (QED) is 0.656. The summed E-state index contributed by atoms with van der Waals surface area (Å²) in [4.78, 5) is 2.06. The second-order valence-electron chi connectivity index (χ2n) is 4.70. The molecule has 0 aromatic heterocycles. The van der Waals surface area contributed by atoms with Crippen molar-refractivity contribution in [1.82, 2.24) is 4.90 Å². The van der Waals surface area contributed by atoms with Gasteiger partial charge in [-0.2, -0.15) is 0 Å². The Morgan fingerprint density at radius 1 is 1.11 bits per heavy atom. The number of phenolic OH excluding ortho intramolecular Hbond substituents is 1. The first-order valence-electron chi connectivity index (χ1n) is 6.05. The summed E-state index contributed by atoms with van der Waals surface area (Å²) in [6, 6.07) is 11.7. The zero-order valence-electron chi connectivity index (χ0n) is 10.8. The Bertz CT molecular complexity index is 572. The molecule has 0 aliphatic rings. The number of anilines is 1. The number of nitrogens with zero attached hydrogens (tertiary/aromatic N) is 1. The van der Waals surface area contributed by atoms with Gasteiger partial charge in [0, 0.05) is 13.1 Å². The molecule has 2 aromatic carbocycles. The van der Waals surface area contributed by atoms with Crippen molar-refractivity contribution in [2.24, 2.45) is 0 Å². The summed E-state index contributed by atoms with van der Waals surface area (Å²) in [6.07, 6.45) is 0. The molecule has 0 fully saturated rings. The topological polar surface area (TPSA) is 49.5 Å². The van der Waals surface area contributed by atoms with Crippen molar-refractivity contribution in [2.75, 3.05) is 12.8 Å². The molecule has 0 aliphatic carbocycles. The molecule has 0 saturated heterocycles. The largest absolute Gasteiger partial charge is 0.506 e. The Morgan fingerprint density at radius 3 is 2.42 bits per heavy atom. The van der Waals surface area contributed by atoms with Crippen LogP contribution in [0.4, 0.5) is 10.1 Å². The van der Waals surface area contributed by atoms with Crippen LogP contribution < -0.4 is 5.73 Å². The average Bonchev–Trinajstić information content (AvgIpc) is 2.34. The van der Waals surface area contributed by atoms with Crippen LogP contribution in [0.15, 0.2) is 42.5 Å². The molecule has 3 N–H and O–H groups in total. The van der Waals surface area contributed by atoms with Crippen molar-refractivity contribution < 1.29 is 9.50 Å². The molecule has 4 heteroatoms. The summed E-state index contributed by atoms with van der Waals surface area (Å²) in [6.45, 7) is 1.33. The molecule has 0 bridgehead atoms. The number of rotatable bonds is 4. The minimum absolute atomic E-state index is 0.0940. The lowest BCUT2D eigenvalue weighted by Crippen LogP contribution is -2.17. The highest BCUT2D eigenvalue weighted by atomic mass is 19.1. The molecular weight excluding hydrogens is 243 g/mol. The molecule has 100 valence electrons. The van der Waals surface area contributed by atoms with Crippen LogP contribution in [0.2, 0.25) is 0 Å². The minimum Gasteiger partial charge on any atom is -0.506 e. The maximum atomic E-state index is 13.1. The van der Waals surface area contributed by atoms with Crippen LogP contribution in [-0.2, 0) is 13.1 Å². The van der Waals surface area contributed by atoms with Gasteiger partial charge in [0.1, 0.15) is 11.6 Å². The summed E-state index contributed by atoms with van der Waals surface area (Å²) in [5, 5.41) is 9.36. The molecule has 2 aromatic rings.